The highest BCUT2D eigenvalue weighted by molar-refractivity contribution is 5.89. The lowest BCUT2D eigenvalue weighted by molar-refractivity contribution is 0.246. The van der Waals surface area contributed by atoms with Crippen molar-refractivity contribution >= 4 is 11.7 Å². The number of hydrogen-bond acceptors (Lipinski definition) is 1. The van der Waals surface area contributed by atoms with Crippen LogP contribution in [0.15, 0.2) is 18.2 Å². The van der Waals surface area contributed by atoms with Crippen molar-refractivity contribution in [3.63, 3.8) is 0 Å². The van der Waals surface area contributed by atoms with Gasteiger partial charge in [0, 0.05) is 11.7 Å². The maximum absolute atomic E-state index is 13.6. The lowest BCUT2D eigenvalue weighted by Gasteiger charge is -2.20. The molecule has 2 N–H and O–H groups in total. The molecule has 1 aliphatic carbocycles. The van der Waals surface area contributed by atoms with Gasteiger partial charge >= 0.3 is 6.03 Å². The number of rotatable bonds is 2. The molecule has 2 amide bonds. The Bertz CT molecular complexity index is 506. The van der Waals surface area contributed by atoms with Gasteiger partial charge in [0.2, 0.25) is 0 Å². The van der Waals surface area contributed by atoms with Crippen LogP contribution in [-0.2, 0) is 0 Å². The van der Waals surface area contributed by atoms with Gasteiger partial charge in [-0.3, -0.25) is 0 Å². The van der Waals surface area contributed by atoms with E-state index >= 15 is 0 Å². The molecular weight excluding hydrogens is 303 g/mol. The monoisotopic (exact) mass is 334 g/mol. The molecule has 0 aliphatic heterocycles. The first kappa shape index (κ1) is 18.8. The lowest BCUT2D eigenvalue weighted by Crippen LogP contribution is -2.38. The number of halogens is 1. The molecule has 4 heteroatoms. The van der Waals surface area contributed by atoms with Gasteiger partial charge in [0.25, 0.3) is 0 Å². The number of anilines is 1. The molecule has 0 aromatic heterocycles. The average molecular weight is 334 g/mol. The summed E-state index contributed by atoms with van der Waals surface area (Å²) in [5.41, 5.74) is 1.09. The van der Waals surface area contributed by atoms with Crippen molar-refractivity contribution < 1.29 is 9.18 Å². The highest BCUT2D eigenvalue weighted by atomic mass is 19.1. The zero-order chi connectivity index (χ0) is 17.2. The lowest BCUT2D eigenvalue weighted by atomic mass is 9.98. The van der Waals surface area contributed by atoms with Crippen LogP contribution in [0.25, 0.3) is 0 Å². The Kier molecular flexibility index (Phi) is 8.06. The molecule has 2 rings (SSSR count). The standard InChI is InChI=1S/C20H31FN2O/c1-16-13-14-18(15-19(16)21)23-20(24)22-17-11-9-7-5-3-2-4-6-8-10-12-17/h13-15,17H,2-12H2,1H3,(H2,22,23,24). The minimum atomic E-state index is -0.293. The summed E-state index contributed by atoms with van der Waals surface area (Å²) in [6, 6.07) is 4.78. The third-order valence-electron chi connectivity index (χ3n) is 4.87. The largest absolute Gasteiger partial charge is 0.335 e. The topological polar surface area (TPSA) is 41.1 Å². The van der Waals surface area contributed by atoms with Crippen molar-refractivity contribution in [2.24, 2.45) is 0 Å². The van der Waals surface area contributed by atoms with E-state index in [-0.39, 0.29) is 17.9 Å². The fraction of sp³-hybridized carbons (Fsp3) is 0.650. The third kappa shape index (κ3) is 6.90. The second-order valence-corrected chi connectivity index (χ2v) is 7.02. The predicted molar refractivity (Wildman–Crippen MR) is 97.9 cm³/mol. The molecule has 0 heterocycles. The van der Waals surface area contributed by atoms with Crippen LogP contribution in [0.2, 0.25) is 0 Å². The Hall–Kier alpha value is -1.58. The number of carbonyl (C=O) groups is 1. The number of urea groups is 1. The van der Waals surface area contributed by atoms with E-state index in [0.29, 0.717) is 11.3 Å². The van der Waals surface area contributed by atoms with E-state index in [1.54, 1.807) is 19.1 Å². The average Bonchev–Trinajstić information content (AvgIpc) is 2.53. The summed E-state index contributed by atoms with van der Waals surface area (Å²) in [6.45, 7) is 1.71. The maximum atomic E-state index is 13.6. The van der Waals surface area contributed by atoms with E-state index in [2.05, 4.69) is 10.6 Å². The van der Waals surface area contributed by atoms with Gasteiger partial charge in [-0.2, -0.15) is 0 Å². The Morgan fingerprint density at radius 3 is 2.04 bits per heavy atom. The van der Waals surface area contributed by atoms with Crippen LogP contribution < -0.4 is 10.6 Å². The molecular formula is C20H31FN2O. The number of aryl methyl sites for hydroxylation is 1. The van der Waals surface area contributed by atoms with E-state index in [0.717, 1.165) is 12.8 Å². The molecule has 0 atom stereocenters. The Labute approximate surface area is 145 Å². The van der Waals surface area contributed by atoms with E-state index in [9.17, 15) is 9.18 Å². The minimum Gasteiger partial charge on any atom is -0.335 e. The number of nitrogens with one attached hydrogen (secondary N) is 2. The SMILES string of the molecule is Cc1ccc(NC(=O)NC2CCCCCCCCCCC2)cc1F. The van der Waals surface area contributed by atoms with Gasteiger partial charge in [-0.25, -0.2) is 9.18 Å². The minimum absolute atomic E-state index is 0.222. The van der Waals surface area contributed by atoms with E-state index in [1.807, 2.05) is 0 Å². The predicted octanol–water partition coefficient (Wildman–Crippen LogP) is 5.93. The first-order valence-electron chi connectivity index (χ1n) is 9.49. The van der Waals surface area contributed by atoms with Crippen LogP contribution in [0, 0.1) is 12.7 Å². The van der Waals surface area contributed by atoms with Crippen molar-refractivity contribution in [1.29, 1.82) is 0 Å². The molecule has 0 unspecified atom stereocenters. The summed E-state index contributed by atoms with van der Waals surface area (Å²) >= 11 is 0. The molecule has 134 valence electrons. The van der Waals surface area contributed by atoms with Gasteiger partial charge in [-0.15, -0.1) is 0 Å². The number of benzene rings is 1. The normalized spacial score (nSPS) is 18.2. The van der Waals surface area contributed by atoms with Gasteiger partial charge in [-0.1, -0.05) is 63.9 Å². The summed E-state index contributed by atoms with van der Waals surface area (Å²) < 4.78 is 13.6. The second-order valence-electron chi connectivity index (χ2n) is 7.02. The van der Waals surface area contributed by atoms with Crippen molar-refractivity contribution in [2.75, 3.05) is 5.32 Å². The molecule has 1 saturated carbocycles. The summed E-state index contributed by atoms with van der Waals surface area (Å²) in [5, 5.41) is 5.83. The third-order valence-corrected chi connectivity index (χ3v) is 4.87. The zero-order valence-corrected chi connectivity index (χ0v) is 14.9. The highest BCUT2D eigenvalue weighted by Crippen LogP contribution is 2.18. The Morgan fingerprint density at radius 2 is 1.50 bits per heavy atom. The molecule has 0 spiro atoms. The van der Waals surface area contributed by atoms with Gasteiger partial charge in [0.1, 0.15) is 5.82 Å². The van der Waals surface area contributed by atoms with Crippen LogP contribution >= 0.6 is 0 Å². The second kappa shape index (κ2) is 10.3. The molecule has 0 radical (unpaired) electrons. The van der Waals surface area contributed by atoms with Crippen LogP contribution in [0.5, 0.6) is 0 Å². The Balaban J connectivity index is 1.83. The van der Waals surface area contributed by atoms with Crippen molar-refractivity contribution in [1.82, 2.24) is 5.32 Å². The summed E-state index contributed by atoms with van der Waals surface area (Å²) in [5.74, 6) is -0.293. The quantitative estimate of drug-likeness (QED) is 0.691. The maximum Gasteiger partial charge on any atom is 0.319 e. The first-order chi connectivity index (χ1) is 11.6. The summed E-state index contributed by atoms with van der Waals surface area (Å²) in [7, 11) is 0. The molecule has 3 nitrogen and oxygen atoms in total. The van der Waals surface area contributed by atoms with Crippen LogP contribution in [0.4, 0.5) is 14.9 Å². The molecule has 1 aromatic carbocycles. The van der Waals surface area contributed by atoms with Crippen molar-refractivity contribution in [3.8, 4) is 0 Å². The molecule has 0 saturated heterocycles. The fourth-order valence-corrected chi connectivity index (χ4v) is 3.33. The number of amides is 2. The van der Waals surface area contributed by atoms with Crippen molar-refractivity contribution in [2.45, 2.75) is 83.6 Å². The van der Waals surface area contributed by atoms with Gasteiger partial charge in [-0.05, 0) is 37.5 Å². The molecule has 1 aliphatic rings. The first-order valence-corrected chi connectivity index (χ1v) is 9.49. The zero-order valence-electron chi connectivity index (χ0n) is 14.9. The van der Waals surface area contributed by atoms with Crippen LogP contribution in [0.3, 0.4) is 0 Å². The number of hydrogen-bond donors (Lipinski definition) is 2. The van der Waals surface area contributed by atoms with Crippen molar-refractivity contribution in [3.05, 3.63) is 29.6 Å². The van der Waals surface area contributed by atoms with Gasteiger partial charge in [0.05, 0.1) is 0 Å². The van der Waals surface area contributed by atoms with E-state index in [1.165, 1.54) is 63.9 Å². The van der Waals surface area contributed by atoms with E-state index < -0.39 is 0 Å². The van der Waals surface area contributed by atoms with Gasteiger partial charge < -0.3 is 10.6 Å². The highest BCUT2D eigenvalue weighted by Gasteiger charge is 2.13. The van der Waals surface area contributed by atoms with E-state index in [4.69, 9.17) is 0 Å². The van der Waals surface area contributed by atoms with Crippen LogP contribution in [0.1, 0.15) is 76.2 Å². The fourth-order valence-electron chi connectivity index (χ4n) is 3.33. The van der Waals surface area contributed by atoms with Gasteiger partial charge in [0.15, 0.2) is 0 Å². The smallest absolute Gasteiger partial charge is 0.319 e. The Morgan fingerprint density at radius 1 is 0.958 bits per heavy atom. The molecule has 0 bridgehead atoms. The molecule has 24 heavy (non-hydrogen) atoms. The molecule has 1 fully saturated rings. The summed E-state index contributed by atoms with van der Waals surface area (Å²) in [6.07, 6.45) is 13.6. The number of carbonyl (C=O) groups excluding carboxylic acids is 1. The molecule has 1 aromatic rings. The van der Waals surface area contributed by atoms with Crippen LogP contribution in [-0.4, -0.2) is 12.1 Å². The summed E-state index contributed by atoms with van der Waals surface area (Å²) in [4.78, 5) is 12.2.